The molecule has 0 bridgehead atoms. The number of benzene rings is 3. The van der Waals surface area contributed by atoms with Crippen LogP contribution in [-0.4, -0.2) is 32.1 Å². The van der Waals surface area contributed by atoms with Gasteiger partial charge in [0, 0.05) is 10.6 Å². The van der Waals surface area contributed by atoms with Crippen LogP contribution in [0.15, 0.2) is 66.7 Å². The number of fused-ring (bicyclic) bond motifs is 1. The van der Waals surface area contributed by atoms with Crippen LogP contribution in [0.5, 0.6) is 11.5 Å². The van der Waals surface area contributed by atoms with Gasteiger partial charge in [-0.2, -0.15) is 0 Å². The zero-order valence-electron chi connectivity index (χ0n) is 18.9. The summed E-state index contributed by atoms with van der Waals surface area (Å²) in [5.74, 6) is -0.411. The molecule has 3 unspecified atom stereocenters. The Labute approximate surface area is 202 Å². The van der Waals surface area contributed by atoms with Crippen LogP contribution >= 0.6 is 11.6 Å². The average molecular weight is 479 g/mol. The van der Waals surface area contributed by atoms with Crippen molar-refractivity contribution in [2.45, 2.75) is 19.1 Å². The SMILES string of the molecule is COc1ccc(OC)c(C2C3C(=O)N(c4cccc(Cl)c4C)C(=O)C3ON2c2ccccc2)c1. The molecule has 2 fully saturated rings. The first-order valence-electron chi connectivity index (χ1n) is 10.8. The summed E-state index contributed by atoms with van der Waals surface area (Å²) in [4.78, 5) is 34.8. The second-order valence-electron chi connectivity index (χ2n) is 8.16. The third-order valence-corrected chi connectivity index (χ3v) is 6.77. The molecule has 0 saturated carbocycles. The summed E-state index contributed by atoms with van der Waals surface area (Å²) in [6.07, 6.45) is -0.994. The van der Waals surface area contributed by atoms with Crippen LogP contribution in [-0.2, 0) is 14.4 Å². The Morgan fingerprint density at radius 1 is 0.912 bits per heavy atom. The molecule has 3 aromatic carbocycles. The summed E-state index contributed by atoms with van der Waals surface area (Å²) in [7, 11) is 3.14. The van der Waals surface area contributed by atoms with Crippen LogP contribution < -0.4 is 19.4 Å². The van der Waals surface area contributed by atoms with E-state index < -0.39 is 24.0 Å². The normalized spacial score (nSPS) is 21.7. The van der Waals surface area contributed by atoms with Gasteiger partial charge in [-0.15, -0.1) is 0 Å². The maximum Gasteiger partial charge on any atom is 0.266 e. The van der Waals surface area contributed by atoms with Gasteiger partial charge in [-0.3, -0.25) is 14.4 Å². The number of anilines is 2. The van der Waals surface area contributed by atoms with Crippen molar-refractivity contribution in [3.8, 4) is 11.5 Å². The molecule has 0 radical (unpaired) electrons. The van der Waals surface area contributed by atoms with Gasteiger partial charge in [0.1, 0.15) is 23.5 Å². The molecule has 0 aliphatic carbocycles. The van der Waals surface area contributed by atoms with E-state index in [1.54, 1.807) is 56.5 Å². The first-order valence-corrected chi connectivity index (χ1v) is 11.2. The van der Waals surface area contributed by atoms with Crippen molar-refractivity contribution in [1.82, 2.24) is 0 Å². The average Bonchev–Trinajstić information content (AvgIpc) is 3.37. The second-order valence-corrected chi connectivity index (χ2v) is 8.57. The van der Waals surface area contributed by atoms with Gasteiger partial charge in [0.25, 0.3) is 5.91 Å². The van der Waals surface area contributed by atoms with E-state index in [9.17, 15) is 9.59 Å². The quantitative estimate of drug-likeness (QED) is 0.494. The fourth-order valence-corrected chi connectivity index (χ4v) is 4.85. The van der Waals surface area contributed by atoms with E-state index in [0.717, 1.165) is 5.69 Å². The Hall–Kier alpha value is -3.55. The van der Waals surface area contributed by atoms with Crippen molar-refractivity contribution in [2.75, 3.05) is 24.2 Å². The van der Waals surface area contributed by atoms with Gasteiger partial charge in [0.05, 0.1) is 25.6 Å². The number of halogens is 1. The number of nitrogens with zero attached hydrogens (tertiary/aromatic N) is 2. The van der Waals surface area contributed by atoms with Crippen LogP contribution in [0.3, 0.4) is 0 Å². The zero-order chi connectivity index (χ0) is 24.0. The molecule has 174 valence electrons. The summed E-state index contributed by atoms with van der Waals surface area (Å²) >= 11 is 6.29. The Morgan fingerprint density at radius 2 is 1.68 bits per heavy atom. The summed E-state index contributed by atoms with van der Waals surface area (Å²) in [5, 5.41) is 2.11. The lowest BCUT2D eigenvalue weighted by Crippen LogP contribution is -2.37. The summed E-state index contributed by atoms with van der Waals surface area (Å²) < 4.78 is 11.1. The van der Waals surface area contributed by atoms with Gasteiger partial charge in [0.2, 0.25) is 5.91 Å². The Bertz CT molecular complexity index is 1270. The highest BCUT2D eigenvalue weighted by Gasteiger charge is 2.61. The molecule has 2 aliphatic rings. The molecule has 2 heterocycles. The van der Waals surface area contributed by atoms with Crippen molar-refractivity contribution >= 4 is 34.8 Å². The van der Waals surface area contributed by atoms with E-state index in [1.807, 2.05) is 36.4 Å². The largest absolute Gasteiger partial charge is 0.497 e. The molecule has 2 amide bonds. The number of ether oxygens (including phenoxy) is 2. The third-order valence-electron chi connectivity index (χ3n) is 6.36. The van der Waals surface area contributed by atoms with E-state index in [0.29, 0.717) is 33.3 Å². The fraction of sp³-hybridized carbons (Fsp3) is 0.231. The first-order chi connectivity index (χ1) is 16.5. The van der Waals surface area contributed by atoms with E-state index in [1.165, 1.54) is 4.90 Å². The minimum atomic E-state index is -0.994. The lowest BCUT2D eigenvalue weighted by Gasteiger charge is -2.30. The number of carbonyl (C=O) groups is 2. The summed E-state index contributed by atoms with van der Waals surface area (Å²) in [6, 6.07) is 19.3. The first kappa shape index (κ1) is 22.3. The Balaban J connectivity index is 1.65. The lowest BCUT2D eigenvalue weighted by atomic mass is 9.89. The molecule has 2 aliphatic heterocycles. The zero-order valence-corrected chi connectivity index (χ0v) is 19.7. The van der Waals surface area contributed by atoms with E-state index in [2.05, 4.69) is 0 Å². The van der Waals surface area contributed by atoms with Crippen LogP contribution in [0.1, 0.15) is 17.2 Å². The molecule has 7 nitrogen and oxygen atoms in total. The predicted octanol–water partition coefficient (Wildman–Crippen LogP) is 4.72. The molecule has 3 atom stereocenters. The van der Waals surface area contributed by atoms with Crippen molar-refractivity contribution < 1.29 is 23.9 Å². The number of para-hydroxylation sites is 1. The van der Waals surface area contributed by atoms with Crippen LogP contribution in [0.25, 0.3) is 0 Å². The Kier molecular flexibility index (Phi) is 5.67. The molecule has 5 rings (SSSR count). The van der Waals surface area contributed by atoms with Gasteiger partial charge in [-0.25, -0.2) is 9.96 Å². The van der Waals surface area contributed by atoms with Gasteiger partial charge < -0.3 is 9.47 Å². The number of hydrogen-bond donors (Lipinski definition) is 0. The van der Waals surface area contributed by atoms with Crippen LogP contribution in [0, 0.1) is 12.8 Å². The molecule has 0 aromatic heterocycles. The number of hydroxylamine groups is 1. The van der Waals surface area contributed by atoms with Gasteiger partial charge >= 0.3 is 0 Å². The van der Waals surface area contributed by atoms with Crippen LogP contribution in [0.4, 0.5) is 11.4 Å². The third kappa shape index (κ3) is 3.40. The summed E-state index contributed by atoms with van der Waals surface area (Å²) in [6.45, 7) is 1.78. The van der Waals surface area contributed by atoms with Crippen molar-refractivity contribution in [1.29, 1.82) is 0 Å². The van der Waals surface area contributed by atoms with Gasteiger partial charge in [-0.1, -0.05) is 35.9 Å². The standard InChI is InChI=1S/C26H23ClN2O5/c1-15-19(27)10-7-11-20(15)28-25(30)22-23(18-14-17(32-2)12-13-21(18)33-3)29(34-24(22)26(28)31)16-8-5-4-6-9-16/h4-14,22-24H,1-3H3. The van der Waals surface area contributed by atoms with Crippen molar-refractivity contribution in [2.24, 2.45) is 5.92 Å². The molecular formula is C26H23ClN2O5. The maximum absolute atomic E-state index is 13.9. The molecule has 2 saturated heterocycles. The van der Waals surface area contributed by atoms with E-state index in [-0.39, 0.29) is 5.91 Å². The molecule has 0 spiro atoms. The highest BCUT2D eigenvalue weighted by molar-refractivity contribution is 6.32. The number of methoxy groups -OCH3 is 2. The predicted molar refractivity (Wildman–Crippen MR) is 128 cm³/mol. The highest BCUT2D eigenvalue weighted by atomic mass is 35.5. The minimum Gasteiger partial charge on any atom is -0.497 e. The van der Waals surface area contributed by atoms with E-state index in [4.69, 9.17) is 25.9 Å². The second kappa shape index (κ2) is 8.66. The number of imide groups is 1. The molecular weight excluding hydrogens is 456 g/mol. The van der Waals surface area contributed by atoms with Crippen molar-refractivity contribution in [3.05, 3.63) is 82.9 Å². The topological polar surface area (TPSA) is 68.3 Å². The monoisotopic (exact) mass is 478 g/mol. The molecule has 0 N–H and O–H groups in total. The number of rotatable bonds is 5. The number of carbonyl (C=O) groups excluding carboxylic acids is 2. The smallest absolute Gasteiger partial charge is 0.266 e. The van der Waals surface area contributed by atoms with E-state index >= 15 is 0 Å². The Morgan fingerprint density at radius 3 is 2.38 bits per heavy atom. The minimum absolute atomic E-state index is 0.353. The maximum atomic E-state index is 13.9. The molecule has 3 aromatic rings. The van der Waals surface area contributed by atoms with Gasteiger partial charge in [0.15, 0.2) is 6.10 Å². The lowest BCUT2D eigenvalue weighted by molar-refractivity contribution is -0.126. The van der Waals surface area contributed by atoms with Crippen LogP contribution in [0.2, 0.25) is 5.02 Å². The van der Waals surface area contributed by atoms with Crippen molar-refractivity contribution in [3.63, 3.8) is 0 Å². The number of amides is 2. The molecule has 8 heteroatoms. The highest BCUT2D eigenvalue weighted by Crippen LogP contribution is 2.50. The molecule has 34 heavy (non-hydrogen) atoms. The van der Waals surface area contributed by atoms with Gasteiger partial charge in [-0.05, 0) is 55.0 Å². The fourth-order valence-electron chi connectivity index (χ4n) is 4.68. The number of hydrogen-bond acceptors (Lipinski definition) is 6. The summed E-state index contributed by atoms with van der Waals surface area (Å²) in [5.41, 5.74) is 2.52.